The van der Waals surface area contributed by atoms with Gasteiger partial charge in [-0.25, -0.2) is 9.78 Å². The Morgan fingerprint density at radius 1 is 1.26 bits per heavy atom. The monoisotopic (exact) mass is 316 g/mol. The molecule has 0 fully saturated rings. The van der Waals surface area contributed by atoms with Crippen LogP contribution in [0, 0.1) is 0 Å². The van der Waals surface area contributed by atoms with Gasteiger partial charge in [-0.05, 0) is 18.2 Å². The molecule has 2 heterocycles. The summed E-state index contributed by atoms with van der Waals surface area (Å²) in [5, 5.41) is 8.98. The second kappa shape index (κ2) is 4.51. The van der Waals surface area contributed by atoms with Gasteiger partial charge in [0.15, 0.2) is 0 Å². The lowest BCUT2D eigenvalue weighted by Crippen LogP contribution is -1.98. The Morgan fingerprint density at radius 3 is 2.79 bits per heavy atom. The van der Waals surface area contributed by atoms with Gasteiger partial charge in [-0.3, -0.25) is 4.40 Å². The Hall–Kier alpha value is -2.14. The van der Waals surface area contributed by atoms with Gasteiger partial charge < -0.3 is 5.11 Å². The lowest BCUT2D eigenvalue weighted by atomic mass is 10.2. The summed E-state index contributed by atoms with van der Waals surface area (Å²) in [5.74, 6) is -0.162. The van der Waals surface area contributed by atoms with Crippen LogP contribution < -0.4 is 0 Å². The highest BCUT2D eigenvalue weighted by Gasteiger charge is 2.11. The standard InChI is InChI=1S/C14H9BrN2O2/c15-12-4-2-1-3-11(12)13-16-8-10-7-9(14(18)19)5-6-17(10)13/h1-8H,(H,18,19). The van der Waals surface area contributed by atoms with Crippen LogP contribution in [-0.4, -0.2) is 20.5 Å². The minimum atomic E-state index is -0.939. The molecule has 0 saturated heterocycles. The fourth-order valence-corrected chi connectivity index (χ4v) is 2.44. The number of fused-ring (bicyclic) bond motifs is 1. The van der Waals surface area contributed by atoms with Crippen LogP contribution >= 0.6 is 15.9 Å². The van der Waals surface area contributed by atoms with Crippen LogP contribution in [0.5, 0.6) is 0 Å². The summed E-state index contributed by atoms with van der Waals surface area (Å²) in [6.07, 6.45) is 3.39. The van der Waals surface area contributed by atoms with E-state index in [4.69, 9.17) is 5.11 Å². The quantitative estimate of drug-likeness (QED) is 0.787. The molecule has 2 aromatic heterocycles. The van der Waals surface area contributed by atoms with Gasteiger partial charge in [0.05, 0.1) is 17.3 Å². The number of rotatable bonds is 2. The van der Waals surface area contributed by atoms with Crippen LogP contribution in [0.4, 0.5) is 0 Å². The molecule has 0 bridgehead atoms. The van der Waals surface area contributed by atoms with Gasteiger partial charge in [0.2, 0.25) is 0 Å². The van der Waals surface area contributed by atoms with E-state index in [0.29, 0.717) is 0 Å². The maximum absolute atomic E-state index is 10.9. The Bertz CT molecular complexity index is 780. The number of aromatic nitrogens is 2. The topological polar surface area (TPSA) is 54.6 Å². The fraction of sp³-hybridized carbons (Fsp3) is 0. The van der Waals surface area contributed by atoms with Crippen LogP contribution in [0.3, 0.4) is 0 Å². The molecule has 1 N–H and O–H groups in total. The SMILES string of the molecule is O=C(O)c1ccn2c(-c3ccccc3Br)ncc2c1. The zero-order chi connectivity index (χ0) is 13.4. The van der Waals surface area contributed by atoms with Crippen molar-refractivity contribution in [3.8, 4) is 11.4 Å². The van der Waals surface area contributed by atoms with E-state index in [0.717, 1.165) is 21.4 Å². The number of benzene rings is 1. The number of halogens is 1. The van der Waals surface area contributed by atoms with Crippen molar-refractivity contribution in [3.63, 3.8) is 0 Å². The zero-order valence-electron chi connectivity index (χ0n) is 9.75. The second-order valence-electron chi connectivity index (χ2n) is 4.08. The van der Waals surface area contributed by atoms with Crippen molar-refractivity contribution in [1.29, 1.82) is 0 Å². The van der Waals surface area contributed by atoms with E-state index in [1.165, 1.54) is 0 Å². The molecule has 0 radical (unpaired) electrons. The summed E-state index contributed by atoms with van der Waals surface area (Å²) in [4.78, 5) is 15.3. The average Bonchev–Trinajstić information content (AvgIpc) is 2.82. The molecule has 3 aromatic rings. The highest BCUT2D eigenvalue weighted by atomic mass is 79.9. The lowest BCUT2D eigenvalue weighted by molar-refractivity contribution is 0.0697. The smallest absolute Gasteiger partial charge is 0.335 e. The predicted molar refractivity (Wildman–Crippen MR) is 75.3 cm³/mol. The number of carbonyl (C=O) groups is 1. The second-order valence-corrected chi connectivity index (χ2v) is 4.93. The molecule has 0 unspecified atom stereocenters. The normalized spacial score (nSPS) is 10.8. The molecule has 94 valence electrons. The maximum Gasteiger partial charge on any atom is 0.335 e. The number of imidazole rings is 1. The van der Waals surface area contributed by atoms with Crippen LogP contribution in [0.25, 0.3) is 16.9 Å². The molecular formula is C14H9BrN2O2. The molecule has 19 heavy (non-hydrogen) atoms. The molecule has 5 heteroatoms. The lowest BCUT2D eigenvalue weighted by Gasteiger charge is -2.04. The van der Waals surface area contributed by atoms with E-state index in [2.05, 4.69) is 20.9 Å². The molecule has 0 aliphatic heterocycles. The number of nitrogens with zero attached hydrogens (tertiary/aromatic N) is 2. The molecule has 0 aliphatic carbocycles. The van der Waals surface area contributed by atoms with Crippen LogP contribution in [-0.2, 0) is 0 Å². The van der Waals surface area contributed by atoms with Gasteiger partial charge in [-0.1, -0.05) is 34.1 Å². The van der Waals surface area contributed by atoms with Crippen molar-refractivity contribution in [2.24, 2.45) is 0 Å². The number of carboxylic acid groups (broad SMARTS) is 1. The predicted octanol–water partition coefficient (Wildman–Crippen LogP) is 3.46. The van der Waals surface area contributed by atoms with E-state index in [-0.39, 0.29) is 5.56 Å². The van der Waals surface area contributed by atoms with Gasteiger partial charge in [0, 0.05) is 16.2 Å². The van der Waals surface area contributed by atoms with E-state index < -0.39 is 5.97 Å². The maximum atomic E-state index is 10.9. The molecule has 0 aliphatic rings. The fourth-order valence-electron chi connectivity index (χ4n) is 1.97. The Balaban J connectivity index is 2.22. The molecule has 4 nitrogen and oxygen atoms in total. The third-order valence-electron chi connectivity index (χ3n) is 2.89. The van der Waals surface area contributed by atoms with E-state index in [9.17, 15) is 4.79 Å². The van der Waals surface area contributed by atoms with Gasteiger partial charge in [0.1, 0.15) is 5.82 Å². The number of hydrogen-bond acceptors (Lipinski definition) is 2. The molecule has 0 saturated carbocycles. The summed E-state index contributed by atoms with van der Waals surface area (Å²) in [5.41, 5.74) is 1.97. The Labute approximate surface area is 117 Å². The molecule has 0 amide bonds. The van der Waals surface area contributed by atoms with Crippen molar-refractivity contribution in [2.75, 3.05) is 0 Å². The van der Waals surface area contributed by atoms with E-state index in [1.807, 2.05) is 28.7 Å². The third-order valence-corrected chi connectivity index (χ3v) is 3.59. The van der Waals surface area contributed by atoms with Crippen molar-refractivity contribution in [2.45, 2.75) is 0 Å². The molecule has 1 aromatic carbocycles. The summed E-state index contributed by atoms with van der Waals surface area (Å²) < 4.78 is 2.82. The highest BCUT2D eigenvalue weighted by molar-refractivity contribution is 9.10. The first-order valence-electron chi connectivity index (χ1n) is 5.62. The van der Waals surface area contributed by atoms with Crippen LogP contribution in [0.1, 0.15) is 10.4 Å². The van der Waals surface area contributed by atoms with Crippen LogP contribution in [0.15, 0.2) is 53.3 Å². The van der Waals surface area contributed by atoms with E-state index in [1.54, 1.807) is 24.5 Å². The average molecular weight is 317 g/mol. The zero-order valence-corrected chi connectivity index (χ0v) is 11.3. The van der Waals surface area contributed by atoms with Gasteiger partial charge in [-0.2, -0.15) is 0 Å². The largest absolute Gasteiger partial charge is 0.478 e. The van der Waals surface area contributed by atoms with Crippen molar-refractivity contribution in [1.82, 2.24) is 9.38 Å². The first-order valence-corrected chi connectivity index (χ1v) is 6.41. The molecular weight excluding hydrogens is 308 g/mol. The van der Waals surface area contributed by atoms with E-state index >= 15 is 0 Å². The molecule has 0 spiro atoms. The van der Waals surface area contributed by atoms with Crippen molar-refractivity contribution >= 4 is 27.4 Å². The molecule has 0 atom stereocenters. The number of pyridine rings is 1. The van der Waals surface area contributed by atoms with Crippen molar-refractivity contribution in [3.05, 3.63) is 58.8 Å². The first kappa shape index (κ1) is 11.9. The molecule has 3 rings (SSSR count). The third kappa shape index (κ3) is 2.02. The first-order chi connectivity index (χ1) is 9.16. The highest BCUT2D eigenvalue weighted by Crippen LogP contribution is 2.27. The Kier molecular flexibility index (Phi) is 2.83. The summed E-state index contributed by atoms with van der Waals surface area (Å²) in [6, 6.07) is 11.0. The van der Waals surface area contributed by atoms with Crippen molar-refractivity contribution < 1.29 is 9.90 Å². The van der Waals surface area contributed by atoms with Gasteiger partial charge in [0.25, 0.3) is 0 Å². The number of aromatic carboxylic acids is 1. The minimum absolute atomic E-state index is 0.256. The Morgan fingerprint density at radius 2 is 2.05 bits per heavy atom. The number of hydrogen-bond donors (Lipinski definition) is 1. The summed E-state index contributed by atoms with van der Waals surface area (Å²) in [6.45, 7) is 0. The number of carboxylic acids is 1. The van der Waals surface area contributed by atoms with Gasteiger partial charge in [-0.15, -0.1) is 0 Å². The van der Waals surface area contributed by atoms with Gasteiger partial charge >= 0.3 is 5.97 Å². The minimum Gasteiger partial charge on any atom is -0.478 e. The summed E-state index contributed by atoms with van der Waals surface area (Å²) in [7, 11) is 0. The van der Waals surface area contributed by atoms with Crippen LogP contribution in [0.2, 0.25) is 0 Å². The summed E-state index contributed by atoms with van der Waals surface area (Å²) >= 11 is 3.49.